The zero-order chi connectivity index (χ0) is 15.6. The number of hydrogen-bond acceptors (Lipinski definition) is 3. The molecule has 3 nitrogen and oxygen atoms in total. The minimum atomic E-state index is -4.87. The Balaban J connectivity index is 3.42. The van der Waals surface area contributed by atoms with Crippen LogP contribution in [-0.2, 0) is 21.6 Å². The summed E-state index contributed by atoms with van der Waals surface area (Å²) >= 11 is 0. The van der Waals surface area contributed by atoms with Crippen LogP contribution in [0.5, 0.6) is 0 Å². The highest BCUT2D eigenvalue weighted by atomic mass is 19.4. The molecule has 0 bridgehead atoms. The number of hydrogen-bond donors (Lipinski definition) is 0. The molecule has 0 aliphatic heterocycles. The summed E-state index contributed by atoms with van der Waals surface area (Å²) in [5, 5.41) is 8.67. The Hall–Kier alpha value is -2.17. The third-order valence-corrected chi connectivity index (χ3v) is 2.34. The predicted molar refractivity (Wildman–Crippen MR) is 56.7 cm³/mol. The van der Waals surface area contributed by atoms with E-state index >= 15 is 0 Å². The number of nitrogens with zero attached hydrogens (tertiary/aromatic N) is 1. The maximum absolute atomic E-state index is 13.8. The van der Waals surface area contributed by atoms with Gasteiger partial charge in [0.1, 0.15) is 0 Å². The van der Waals surface area contributed by atoms with Crippen molar-refractivity contribution in [3.63, 3.8) is 0 Å². The second kappa shape index (κ2) is 5.45. The monoisotopic (exact) mass is 293 g/mol. The third-order valence-electron chi connectivity index (χ3n) is 2.34. The van der Waals surface area contributed by atoms with Crippen LogP contribution in [0, 0.1) is 11.3 Å². The molecule has 1 aromatic rings. The molecule has 0 aliphatic rings. The molecule has 20 heavy (non-hydrogen) atoms. The van der Waals surface area contributed by atoms with Gasteiger partial charge in [0.15, 0.2) is 0 Å². The first-order valence-corrected chi connectivity index (χ1v) is 5.31. The van der Waals surface area contributed by atoms with Gasteiger partial charge in [-0.25, -0.2) is 4.79 Å². The van der Waals surface area contributed by atoms with Crippen molar-refractivity contribution < 1.29 is 31.5 Å². The minimum Gasteiger partial charge on any atom is -0.461 e. The van der Waals surface area contributed by atoms with E-state index in [1.165, 1.54) is 13.0 Å². The Labute approximate surface area is 110 Å². The van der Waals surface area contributed by atoms with Crippen LogP contribution in [0.25, 0.3) is 0 Å². The molecule has 0 N–H and O–H groups in total. The third kappa shape index (κ3) is 3.04. The van der Waals surface area contributed by atoms with Gasteiger partial charge >= 0.3 is 18.1 Å². The van der Waals surface area contributed by atoms with Crippen molar-refractivity contribution in [3.8, 4) is 6.07 Å². The molecule has 0 aliphatic carbocycles. The summed E-state index contributed by atoms with van der Waals surface area (Å²) in [6, 6.07) is 2.48. The van der Waals surface area contributed by atoms with Gasteiger partial charge in [-0.3, -0.25) is 0 Å². The highest BCUT2D eigenvalue weighted by Gasteiger charge is 2.46. The second-order valence-electron chi connectivity index (χ2n) is 3.66. The molecule has 0 aromatic heterocycles. The normalized spacial score (nSPS) is 11.8. The molecule has 1 rings (SSSR count). The summed E-state index contributed by atoms with van der Waals surface area (Å²) in [7, 11) is 0. The SMILES string of the molecule is CCOC(=O)C(F)(F)c1cc(C(F)(F)F)ccc1C#N. The van der Waals surface area contributed by atoms with Crippen LogP contribution in [0.15, 0.2) is 18.2 Å². The van der Waals surface area contributed by atoms with Gasteiger partial charge in [-0.05, 0) is 25.1 Å². The van der Waals surface area contributed by atoms with Gasteiger partial charge in [0.05, 0.1) is 29.4 Å². The largest absolute Gasteiger partial charge is 0.461 e. The van der Waals surface area contributed by atoms with Crippen molar-refractivity contribution in [3.05, 3.63) is 34.9 Å². The Morgan fingerprint density at radius 1 is 1.30 bits per heavy atom. The fourth-order valence-corrected chi connectivity index (χ4v) is 1.41. The van der Waals surface area contributed by atoms with Gasteiger partial charge in [0.25, 0.3) is 0 Å². The van der Waals surface area contributed by atoms with E-state index < -0.39 is 34.8 Å². The lowest BCUT2D eigenvalue weighted by molar-refractivity contribution is -0.173. The van der Waals surface area contributed by atoms with Crippen molar-refractivity contribution in [1.29, 1.82) is 5.26 Å². The van der Waals surface area contributed by atoms with Crippen LogP contribution in [0.4, 0.5) is 22.0 Å². The summed E-state index contributed by atoms with van der Waals surface area (Å²) in [5.41, 5.74) is -3.43. The highest BCUT2D eigenvalue weighted by Crippen LogP contribution is 2.37. The van der Waals surface area contributed by atoms with E-state index in [9.17, 15) is 26.7 Å². The molecule has 0 atom stereocenters. The molecule has 0 spiro atoms. The standard InChI is InChI=1S/C12H8F5NO2/c1-2-20-10(19)11(13,14)9-5-8(12(15,16)17)4-3-7(9)6-18/h3-5H,2H2,1H3. The molecule has 0 saturated heterocycles. The first kappa shape index (κ1) is 15.9. The van der Waals surface area contributed by atoms with E-state index in [-0.39, 0.29) is 12.7 Å². The number of carbonyl (C=O) groups excluding carboxylic acids is 1. The number of carbonyl (C=O) groups is 1. The number of halogens is 5. The Morgan fingerprint density at radius 2 is 1.90 bits per heavy atom. The molecule has 0 fully saturated rings. The molecule has 0 amide bonds. The van der Waals surface area contributed by atoms with Crippen molar-refractivity contribution in [1.82, 2.24) is 0 Å². The molecular weight excluding hydrogens is 285 g/mol. The molecule has 8 heteroatoms. The van der Waals surface area contributed by atoms with Crippen LogP contribution < -0.4 is 0 Å². The van der Waals surface area contributed by atoms with Gasteiger partial charge in [-0.15, -0.1) is 0 Å². The summed E-state index contributed by atoms with van der Waals surface area (Å²) in [5.74, 6) is -6.33. The van der Waals surface area contributed by atoms with Crippen molar-refractivity contribution in [2.75, 3.05) is 6.61 Å². The molecule has 0 radical (unpaired) electrons. The van der Waals surface area contributed by atoms with Gasteiger partial charge in [0, 0.05) is 0 Å². The average molecular weight is 293 g/mol. The van der Waals surface area contributed by atoms with Crippen molar-refractivity contribution >= 4 is 5.97 Å². The van der Waals surface area contributed by atoms with E-state index in [1.807, 2.05) is 0 Å². The van der Waals surface area contributed by atoms with Crippen LogP contribution in [0.2, 0.25) is 0 Å². The van der Waals surface area contributed by atoms with Crippen molar-refractivity contribution in [2.24, 2.45) is 0 Å². The maximum atomic E-state index is 13.8. The van der Waals surface area contributed by atoms with Crippen LogP contribution in [0.1, 0.15) is 23.6 Å². The first-order chi connectivity index (χ1) is 9.14. The fraction of sp³-hybridized carbons (Fsp3) is 0.333. The Kier molecular flexibility index (Phi) is 4.33. The quantitative estimate of drug-likeness (QED) is 0.635. The first-order valence-electron chi connectivity index (χ1n) is 5.31. The van der Waals surface area contributed by atoms with E-state index in [4.69, 9.17) is 5.26 Å². The molecule has 108 valence electrons. The average Bonchev–Trinajstić information content (AvgIpc) is 2.37. The zero-order valence-corrected chi connectivity index (χ0v) is 10.1. The Morgan fingerprint density at radius 3 is 2.35 bits per heavy atom. The highest BCUT2D eigenvalue weighted by molar-refractivity contribution is 5.80. The van der Waals surface area contributed by atoms with E-state index in [0.717, 1.165) is 0 Å². The van der Waals surface area contributed by atoms with Gasteiger partial charge < -0.3 is 4.74 Å². The predicted octanol–water partition coefficient (Wildman–Crippen LogP) is 3.23. The summed E-state index contributed by atoms with van der Waals surface area (Å²) in [6.07, 6.45) is -4.87. The number of rotatable bonds is 3. The number of nitriles is 1. The molecule has 0 saturated carbocycles. The summed E-state index contributed by atoms with van der Waals surface area (Å²) in [6.45, 7) is 0.903. The Bertz CT molecular complexity index is 560. The summed E-state index contributed by atoms with van der Waals surface area (Å²) < 4.78 is 69.1. The summed E-state index contributed by atoms with van der Waals surface area (Å²) in [4.78, 5) is 11.1. The van der Waals surface area contributed by atoms with Crippen LogP contribution in [-0.4, -0.2) is 12.6 Å². The van der Waals surface area contributed by atoms with Gasteiger partial charge in [-0.2, -0.15) is 27.2 Å². The fourth-order valence-electron chi connectivity index (χ4n) is 1.41. The molecular formula is C12H8F5NO2. The number of benzene rings is 1. The zero-order valence-electron chi connectivity index (χ0n) is 10.1. The molecule has 0 unspecified atom stereocenters. The lowest BCUT2D eigenvalue weighted by Gasteiger charge is -2.17. The van der Waals surface area contributed by atoms with Crippen molar-refractivity contribution in [2.45, 2.75) is 19.0 Å². The molecule has 0 heterocycles. The smallest absolute Gasteiger partial charge is 0.416 e. The number of ether oxygens (including phenoxy) is 1. The molecule has 1 aromatic carbocycles. The second-order valence-corrected chi connectivity index (χ2v) is 3.66. The van der Waals surface area contributed by atoms with Crippen LogP contribution >= 0.6 is 0 Å². The maximum Gasteiger partial charge on any atom is 0.416 e. The number of alkyl halides is 5. The topological polar surface area (TPSA) is 50.1 Å². The minimum absolute atomic E-state index is 0.0788. The lowest BCUT2D eigenvalue weighted by Crippen LogP contribution is -2.29. The van der Waals surface area contributed by atoms with Gasteiger partial charge in [0.2, 0.25) is 0 Å². The number of esters is 1. The van der Waals surface area contributed by atoms with E-state index in [0.29, 0.717) is 12.1 Å². The van der Waals surface area contributed by atoms with E-state index in [1.54, 1.807) is 0 Å². The van der Waals surface area contributed by atoms with Gasteiger partial charge in [-0.1, -0.05) is 0 Å². The lowest BCUT2D eigenvalue weighted by atomic mass is 9.99. The van der Waals surface area contributed by atoms with E-state index in [2.05, 4.69) is 4.74 Å². The van der Waals surface area contributed by atoms with Crippen LogP contribution in [0.3, 0.4) is 0 Å².